The van der Waals surface area contributed by atoms with Crippen molar-refractivity contribution in [2.24, 2.45) is 11.7 Å². The van der Waals surface area contributed by atoms with Crippen LogP contribution in [0.2, 0.25) is 5.02 Å². The van der Waals surface area contributed by atoms with Gasteiger partial charge in [0.05, 0.1) is 17.6 Å². The van der Waals surface area contributed by atoms with Gasteiger partial charge in [0.1, 0.15) is 11.3 Å². The molecule has 1 aliphatic heterocycles. The zero-order valence-corrected chi connectivity index (χ0v) is 22.6. The van der Waals surface area contributed by atoms with Gasteiger partial charge in [0.25, 0.3) is 0 Å². The van der Waals surface area contributed by atoms with Crippen molar-refractivity contribution < 1.29 is 4.39 Å². The number of rotatable bonds is 7. The highest BCUT2D eigenvalue weighted by molar-refractivity contribution is 6.31. The maximum atomic E-state index is 14.4. The fourth-order valence-electron chi connectivity index (χ4n) is 6.64. The molecule has 3 heterocycles. The first-order valence-corrected chi connectivity index (χ1v) is 14.6. The highest BCUT2D eigenvalue weighted by atomic mass is 35.5. The summed E-state index contributed by atoms with van der Waals surface area (Å²) in [4.78, 5) is 17.7. The number of nitrogens with zero attached hydrogens (tertiary/aromatic N) is 4. The van der Waals surface area contributed by atoms with Gasteiger partial charge >= 0.3 is 0 Å². The Morgan fingerprint density at radius 1 is 1.08 bits per heavy atom. The predicted octanol–water partition coefficient (Wildman–Crippen LogP) is 5.06. The molecule has 0 spiro atoms. The molecule has 0 unspecified atom stereocenters. The predicted molar refractivity (Wildman–Crippen MR) is 148 cm³/mol. The van der Waals surface area contributed by atoms with Crippen LogP contribution >= 0.6 is 11.6 Å². The van der Waals surface area contributed by atoms with Crippen LogP contribution in [0.5, 0.6) is 0 Å². The van der Waals surface area contributed by atoms with Crippen LogP contribution in [0.4, 0.5) is 10.3 Å². The van der Waals surface area contributed by atoms with Gasteiger partial charge < -0.3 is 16.0 Å². The molecule has 0 radical (unpaired) electrons. The first-order chi connectivity index (χ1) is 18.5. The van der Waals surface area contributed by atoms with E-state index in [1.54, 1.807) is 18.5 Å². The monoisotopic (exact) mass is 540 g/mol. The number of hydrogen-bond acceptors (Lipinski definition) is 7. The second-order valence-electron chi connectivity index (χ2n) is 11.5. The lowest BCUT2D eigenvalue weighted by Gasteiger charge is -2.40. The van der Waals surface area contributed by atoms with Crippen molar-refractivity contribution in [2.45, 2.75) is 88.3 Å². The quantitative estimate of drug-likeness (QED) is 0.332. The Balaban J connectivity index is 1.18. The Morgan fingerprint density at radius 3 is 2.58 bits per heavy atom. The van der Waals surface area contributed by atoms with Crippen LogP contribution in [0.3, 0.4) is 0 Å². The number of aromatic amines is 1. The lowest BCUT2D eigenvalue weighted by atomic mass is 9.89. The molecule has 2 aliphatic carbocycles. The molecule has 204 valence electrons. The normalized spacial score (nSPS) is 24.7. The Hall–Kier alpha value is -2.33. The molecule has 5 N–H and O–H groups in total. The van der Waals surface area contributed by atoms with E-state index in [9.17, 15) is 4.39 Å². The Kier molecular flexibility index (Phi) is 7.53. The van der Waals surface area contributed by atoms with Gasteiger partial charge in [-0.3, -0.25) is 0 Å². The van der Waals surface area contributed by atoms with Gasteiger partial charge in [-0.2, -0.15) is 4.98 Å². The second-order valence-corrected chi connectivity index (χ2v) is 11.9. The first-order valence-electron chi connectivity index (χ1n) is 14.2. The number of hydrazine groups is 1. The summed E-state index contributed by atoms with van der Waals surface area (Å²) in [5, 5.41) is 6.47. The largest absolute Gasteiger partial charge is 0.351 e. The van der Waals surface area contributed by atoms with E-state index in [1.807, 2.05) is 0 Å². The minimum Gasteiger partial charge on any atom is -0.351 e. The van der Waals surface area contributed by atoms with Crippen LogP contribution in [-0.2, 0) is 12.0 Å². The minimum absolute atomic E-state index is 0.198. The third-order valence-corrected chi connectivity index (χ3v) is 9.20. The zero-order chi connectivity index (χ0) is 26.1. The average molecular weight is 541 g/mol. The standard InChI is InChI=1S/C28H38ClFN8/c29-22-4-3-5-23(30)21(22)16-18-10-14-38(15-11-18)37-28(12-1-2-13-28)25-24-26(33-17-32-24)36-27(35-25)34-20-8-6-19(31)7-9-20/h3-5,17-20,37H,1-2,6-16,31H2,(H2,32,33,34,35,36). The van der Waals surface area contributed by atoms with E-state index in [0.29, 0.717) is 46.6 Å². The number of hydrogen-bond donors (Lipinski definition) is 4. The molecule has 0 amide bonds. The molecule has 3 fully saturated rings. The number of fused-ring (bicyclic) bond motifs is 1. The lowest BCUT2D eigenvalue weighted by Crippen LogP contribution is -2.54. The van der Waals surface area contributed by atoms with Crippen molar-refractivity contribution >= 4 is 28.7 Å². The molecular weight excluding hydrogens is 503 g/mol. The van der Waals surface area contributed by atoms with Crippen LogP contribution in [0, 0.1) is 11.7 Å². The van der Waals surface area contributed by atoms with Crippen LogP contribution in [-0.4, -0.2) is 50.1 Å². The van der Waals surface area contributed by atoms with Gasteiger partial charge in [0.15, 0.2) is 5.65 Å². The third-order valence-electron chi connectivity index (χ3n) is 8.84. The topological polar surface area (TPSA) is 108 Å². The SMILES string of the molecule is NC1CCC(Nc2nc(C3(NN4CCC(Cc5c(F)cccc5Cl)CC4)CCCC3)c3[nH]cnc3n2)CC1. The summed E-state index contributed by atoms with van der Waals surface area (Å²) in [6.07, 6.45) is 12.8. The van der Waals surface area contributed by atoms with Gasteiger partial charge in [-0.05, 0) is 75.8 Å². The molecule has 10 heteroatoms. The van der Waals surface area contributed by atoms with E-state index in [1.165, 1.54) is 6.07 Å². The van der Waals surface area contributed by atoms with E-state index in [0.717, 1.165) is 88.5 Å². The molecule has 38 heavy (non-hydrogen) atoms. The van der Waals surface area contributed by atoms with E-state index in [4.69, 9.17) is 27.3 Å². The lowest BCUT2D eigenvalue weighted by molar-refractivity contribution is 0.0616. The third kappa shape index (κ3) is 5.39. The number of benzene rings is 1. The molecule has 2 saturated carbocycles. The fourth-order valence-corrected chi connectivity index (χ4v) is 6.88. The van der Waals surface area contributed by atoms with Crippen molar-refractivity contribution in [3.63, 3.8) is 0 Å². The Bertz CT molecular complexity index is 1220. The second kappa shape index (κ2) is 11.0. The maximum absolute atomic E-state index is 14.4. The number of piperidine rings is 1. The van der Waals surface area contributed by atoms with Gasteiger partial charge in [-0.1, -0.05) is 30.5 Å². The summed E-state index contributed by atoms with van der Waals surface area (Å²) in [6.45, 7) is 1.81. The molecule has 1 aromatic carbocycles. The van der Waals surface area contributed by atoms with E-state index in [-0.39, 0.29) is 11.4 Å². The van der Waals surface area contributed by atoms with Crippen LogP contribution in [0.1, 0.15) is 75.5 Å². The summed E-state index contributed by atoms with van der Waals surface area (Å²) in [5.74, 6) is 0.879. The minimum atomic E-state index is -0.263. The number of anilines is 1. The summed E-state index contributed by atoms with van der Waals surface area (Å²) >= 11 is 6.30. The summed E-state index contributed by atoms with van der Waals surface area (Å²) in [5.41, 5.74) is 13.1. The maximum Gasteiger partial charge on any atom is 0.225 e. The van der Waals surface area contributed by atoms with Crippen molar-refractivity contribution in [3.8, 4) is 0 Å². The zero-order valence-electron chi connectivity index (χ0n) is 21.9. The first kappa shape index (κ1) is 25.9. The number of imidazole rings is 1. The van der Waals surface area contributed by atoms with Crippen molar-refractivity contribution in [1.29, 1.82) is 0 Å². The van der Waals surface area contributed by atoms with E-state index in [2.05, 4.69) is 25.7 Å². The number of aromatic nitrogens is 4. The van der Waals surface area contributed by atoms with Crippen LogP contribution in [0.25, 0.3) is 11.2 Å². The molecule has 0 bridgehead atoms. The summed E-state index contributed by atoms with van der Waals surface area (Å²) in [7, 11) is 0. The summed E-state index contributed by atoms with van der Waals surface area (Å²) in [6, 6.07) is 5.60. The number of halogens is 2. The van der Waals surface area contributed by atoms with Gasteiger partial charge in [0.2, 0.25) is 5.95 Å². The highest BCUT2D eigenvalue weighted by Crippen LogP contribution is 2.41. The molecule has 0 atom stereocenters. The molecule has 6 rings (SSSR count). The molecule has 3 aromatic rings. The van der Waals surface area contributed by atoms with E-state index < -0.39 is 0 Å². The summed E-state index contributed by atoms with van der Waals surface area (Å²) < 4.78 is 14.4. The van der Waals surface area contributed by atoms with Gasteiger partial charge in [-0.25, -0.2) is 24.8 Å². The van der Waals surface area contributed by atoms with Crippen molar-refractivity contribution in [3.05, 3.63) is 46.6 Å². The Morgan fingerprint density at radius 2 is 1.84 bits per heavy atom. The molecular formula is C28H38ClFN8. The number of nitrogens with one attached hydrogen (secondary N) is 3. The number of H-pyrrole nitrogens is 1. The fraction of sp³-hybridized carbons (Fsp3) is 0.607. The number of nitrogens with two attached hydrogens (primary N) is 1. The molecule has 3 aliphatic rings. The highest BCUT2D eigenvalue weighted by Gasteiger charge is 2.41. The van der Waals surface area contributed by atoms with Crippen molar-refractivity contribution in [2.75, 3.05) is 18.4 Å². The van der Waals surface area contributed by atoms with Gasteiger partial charge in [-0.15, -0.1) is 0 Å². The van der Waals surface area contributed by atoms with E-state index >= 15 is 0 Å². The molecule has 1 saturated heterocycles. The molecule has 2 aromatic heterocycles. The Labute approximate surface area is 228 Å². The van der Waals surface area contributed by atoms with Crippen LogP contribution in [0.15, 0.2) is 24.5 Å². The average Bonchev–Trinajstić information content (AvgIpc) is 3.59. The molecule has 8 nitrogen and oxygen atoms in total. The van der Waals surface area contributed by atoms with Gasteiger partial charge in [0, 0.05) is 35.8 Å². The van der Waals surface area contributed by atoms with Crippen LogP contribution < -0.4 is 16.5 Å². The van der Waals surface area contributed by atoms with Crippen molar-refractivity contribution in [1.82, 2.24) is 30.4 Å². The smallest absolute Gasteiger partial charge is 0.225 e.